The van der Waals surface area contributed by atoms with Crippen LogP contribution in [0.25, 0.3) is 0 Å². The minimum atomic E-state index is -0.349. The summed E-state index contributed by atoms with van der Waals surface area (Å²) in [5, 5.41) is 8.76. The summed E-state index contributed by atoms with van der Waals surface area (Å²) < 4.78 is 19.0. The lowest BCUT2D eigenvalue weighted by Crippen LogP contribution is -2.04. The van der Waals surface area contributed by atoms with E-state index in [0.717, 1.165) is 11.1 Å². The van der Waals surface area contributed by atoms with Crippen LogP contribution >= 0.6 is 0 Å². The van der Waals surface area contributed by atoms with Crippen LogP contribution in [0.4, 0.5) is 4.39 Å². The Kier molecular flexibility index (Phi) is 4.64. The lowest BCUT2D eigenvalue weighted by Gasteiger charge is -2.08. The van der Waals surface area contributed by atoms with Crippen molar-refractivity contribution < 1.29 is 9.13 Å². The molecule has 1 aromatic heterocycles. The largest absolute Gasteiger partial charge is 0.489 e. The Bertz CT molecular complexity index is 637. The van der Waals surface area contributed by atoms with Crippen molar-refractivity contribution in [2.24, 2.45) is 5.73 Å². The van der Waals surface area contributed by atoms with E-state index in [0.29, 0.717) is 24.4 Å². The van der Waals surface area contributed by atoms with E-state index < -0.39 is 0 Å². The number of pyridine rings is 1. The van der Waals surface area contributed by atoms with Crippen LogP contribution in [0.5, 0.6) is 5.75 Å². The van der Waals surface area contributed by atoms with Gasteiger partial charge in [0.05, 0.1) is 0 Å². The Labute approximate surface area is 116 Å². The molecule has 1 aromatic carbocycles. The second kappa shape index (κ2) is 6.64. The first-order valence-corrected chi connectivity index (χ1v) is 6.18. The maximum Gasteiger partial charge on any atom is 0.140 e. The summed E-state index contributed by atoms with van der Waals surface area (Å²) in [6.07, 6.45) is 2.14. The SMILES string of the molecule is N#Cc1cc(COc2cc(F)cc(CCN)c2)ccn1. The van der Waals surface area contributed by atoms with Crippen molar-refractivity contribution in [3.8, 4) is 11.8 Å². The first-order chi connectivity index (χ1) is 9.71. The molecule has 0 saturated carbocycles. The smallest absolute Gasteiger partial charge is 0.140 e. The molecule has 20 heavy (non-hydrogen) atoms. The average Bonchev–Trinajstić information content (AvgIpc) is 2.45. The van der Waals surface area contributed by atoms with E-state index in [1.165, 1.54) is 12.1 Å². The van der Waals surface area contributed by atoms with Gasteiger partial charge >= 0.3 is 0 Å². The summed E-state index contributed by atoms with van der Waals surface area (Å²) in [6.45, 7) is 0.710. The van der Waals surface area contributed by atoms with Crippen molar-refractivity contribution in [2.45, 2.75) is 13.0 Å². The van der Waals surface area contributed by atoms with Gasteiger partial charge in [-0.25, -0.2) is 9.37 Å². The predicted molar refractivity (Wildman–Crippen MR) is 72.4 cm³/mol. The molecule has 0 fully saturated rings. The van der Waals surface area contributed by atoms with Gasteiger partial charge < -0.3 is 10.5 Å². The third kappa shape index (κ3) is 3.77. The summed E-state index contributed by atoms with van der Waals surface area (Å²) in [7, 11) is 0. The highest BCUT2D eigenvalue weighted by Gasteiger charge is 2.03. The molecule has 0 unspecified atom stereocenters. The normalized spacial score (nSPS) is 10.1. The first-order valence-electron chi connectivity index (χ1n) is 6.18. The molecule has 0 aliphatic carbocycles. The monoisotopic (exact) mass is 271 g/mol. The summed E-state index contributed by atoms with van der Waals surface area (Å²) in [5.74, 6) is 0.0992. The number of halogens is 1. The summed E-state index contributed by atoms with van der Waals surface area (Å²) in [4.78, 5) is 3.87. The molecule has 0 aliphatic rings. The van der Waals surface area contributed by atoms with E-state index in [4.69, 9.17) is 15.7 Å². The lowest BCUT2D eigenvalue weighted by atomic mass is 10.1. The zero-order valence-corrected chi connectivity index (χ0v) is 10.8. The molecule has 4 nitrogen and oxygen atoms in total. The number of ether oxygens (including phenoxy) is 1. The van der Waals surface area contributed by atoms with E-state index in [2.05, 4.69) is 4.98 Å². The number of rotatable bonds is 5. The van der Waals surface area contributed by atoms with Crippen molar-refractivity contribution in [3.05, 3.63) is 59.2 Å². The van der Waals surface area contributed by atoms with Gasteiger partial charge in [-0.3, -0.25) is 0 Å². The molecule has 0 bridgehead atoms. The molecule has 102 valence electrons. The molecule has 2 rings (SSSR count). The zero-order valence-electron chi connectivity index (χ0n) is 10.8. The zero-order chi connectivity index (χ0) is 14.4. The van der Waals surface area contributed by atoms with E-state index in [9.17, 15) is 4.39 Å². The van der Waals surface area contributed by atoms with Gasteiger partial charge in [0.2, 0.25) is 0 Å². The Morgan fingerprint density at radius 2 is 2.10 bits per heavy atom. The maximum atomic E-state index is 13.4. The fourth-order valence-corrected chi connectivity index (χ4v) is 1.81. The van der Waals surface area contributed by atoms with Crippen molar-refractivity contribution in [1.29, 1.82) is 5.26 Å². The molecular weight excluding hydrogens is 257 g/mol. The van der Waals surface area contributed by atoms with E-state index in [-0.39, 0.29) is 12.4 Å². The van der Waals surface area contributed by atoms with E-state index in [1.54, 1.807) is 24.4 Å². The number of nitriles is 1. The average molecular weight is 271 g/mol. The van der Waals surface area contributed by atoms with Crippen molar-refractivity contribution in [1.82, 2.24) is 4.98 Å². The second-order valence-corrected chi connectivity index (χ2v) is 4.28. The second-order valence-electron chi connectivity index (χ2n) is 4.28. The fraction of sp³-hybridized carbons (Fsp3) is 0.200. The molecule has 2 aromatic rings. The Morgan fingerprint density at radius 3 is 2.85 bits per heavy atom. The fourth-order valence-electron chi connectivity index (χ4n) is 1.81. The summed E-state index contributed by atoms with van der Waals surface area (Å²) >= 11 is 0. The molecule has 0 radical (unpaired) electrons. The highest BCUT2D eigenvalue weighted by Crippen LogP contribution is 2.18. The molecule has 0 atom stereocenters. The third-order valence-corrected chi connectivity index (χ3v) is 2.71. The molecule has 0 spiro atoms. The van der Waals surface area contributed by atoms with E-state index >= 15 is 0 Å². The van der Waals surface area contributed by atoms with Gasteiger partial charge in [0.1, 0.15) is 29.9 Å². The van der Waals surface area contributed by atoms with Crippen LogP contribution in [0.1, 0.15) is 16.8 Å². The molecule has 0 amide bonds. The molecule has 5 heteroatoms. The Balaban J connectivity index is 2.08. The maximum absolute atomic E-state index is 13.4. The van der Waals surface area contributed by atoms with Crippen LogP contribution in [0.15, 0.2) is 36.5 Å². The Morgan fingerprint density at radius 1 is 1.25 bits per heavy atom. The van der Waals surface area contributed by atoms with Crippen LogP contribution in [0, 0.1) is 17.1 Å². The highest BCUT2D eigenvalue weighted by atomic mass is 19.1. The third-order valence-electron chi connectivity index (χ3n) is 2.71. The van der Waals surface area contributed by atoms with Gasteiger partial charge in [0.15, 0.2) is 0 Å². The van der Waals surface area contributed by atoms with Crippen LogP contribution in [0.2, 0.25) is 0 Å². The number of aromatic nitrogens is 1. The number of nitrogens with zero attached hydrogens (tertiary/aromatic N) is 2. The molecule has 0 saturated heterocycles. The van der Waals surface area contributed by atoms with Crippen LogP contribution < -0.4 is 10.5 Å². The summed E-state index contributed by atoms with van der Waals surface area (Å²) in [5.41, 5.74) is 7.39. The summed E-state index contributed by atoms with van der Waals surface area (Å²) in [6, 6.07) is 9.89. The molecule has 0 aliphatic heterocycles. The van der Waals surface area contributed by atoms with Gasteiger partial charge in [-0.2, -0.15) is 5.26 Å². The van der Waals surface area contributed by atoms with Crippen LogP contribution in [0.3, 0.4) is 0 Å². The minimum Gasteiger partial charge on any atom is -0.489 e. The van der Waals surface area contributed by atoms with Crippen molar-refractivity contribution in [2.75, 3.05) is 6.54 Å². The lowest BCUT2D eigenvalue weighted by molar-refractivity contribution is 0.304. The first kappa shape index (κ1) is 14.0. The number of nitrogens with two attached hydrogens (primary N) is 1. The van der Waals surface area contributed by atoms with Gasteiger partial charge in [-0.05, 0) is 48.4 Å². The molecule has 2 N–H and O–H groups in total. The number of benzene rings is 1. The molecular formula is C15H14FN3O. The van der Waals surface area contributed by atoms with E-state index in [1.807, 2.05) is 6.07 Å². The predicted octanol–water partition coefficient (Wildman–Crippen LogP) is 2.17. The van der Waals surface area contributed by atoms with Crippen LogP contribution in [-0.4, -0.2) is 11.5 Å². The quantitative estimate of drug-likeness (QED) is 0.904. The van der Waals surface area contributed by atoms with Crippen molar-refractivity contribution in [3.63, 3.8) is 0 Å². The number of hydrogen-bond donors (Lipinski definition) is 1. The van der Waals surface area contributed by atoms with Gasteiger partial charge in [-0.1, -0.05) is 0 Å². The molecule has 1 heterocycles. The standard InChI is InChI=1S/C15H14FN3O/c16-13-5-11(1-3-17)7-15(8-13)20-10-12-2-4-19-14(6-12)9-18/h2,4-8H,1,3,10,17H2. The van der Waals surface area contributed by atoms with Crippen LogP contribution in [-0.2, 0) is 13.0 Å². The highest BCUT2D eigenvalue weighted by molar-refractivity contribution is 5.31. The minimum absolute atomic E-state index is 0.253. The van der Waals surface area contributed by atoms with Gasteiger partial charge in [-0.15, -0.1) is 0 Å². The van der Waals surface area contributed by atoms with Gasteiger partial charge in [0.25, 0.3) is 0 Å². The van der Waals surface area contributed by atoms with Crippen molar-refractivity contribution >= 4 is 0 Å². The topological polar surface area (TPSA) is 71.9 Å². The number of hydrogen-bond acceptors (Lipinski definition) is 4. The van der Waals surface area contributed by atoms with Gasteiger partial charge in [0, 0.05) is 12.3 Å². The Hall–Kier alpha value is -2.45.